The maximum Gasteiger partial charge on any atom is 0.268 e. The number of fused-ring (bicyclic) bond motifs is 2. The summed E-state index contributed by atoms with van der Waals surface area (Å²) in [5.74, 6) is 1.67. The molecule has 0 fully saturated rings. The highest BCUT2D eigenvalue weighted by molar-refractivity contribution is 6.03. The lowest BCUT2D eigenvalue weighted by atomic mass is 10.1. The molecule has 7 heteroatoms. The lowest BCUT2D eigenvalue weighted by molar-refractivity contribution is -0.133. The van der Waals surface area contributed by atoms with Gasteiger partial charge in [-0.2, -0.15) is 0 Å². The minimum atomic E-state index is -0.619. The van der Waals surface area contributed by atoms with Crippen LogP contribution in [0.25, 0.3) is 0 Å². The quantitative estimate of drug-likeness (QED) is 0.795. The predicted octanol–water partition coefficient (Wildman–Crippen LogP) is 2.58. The van der Waals surface area contributed by atoms with Gasteiger partial charge in [0.25, 0.3) is 5.91 Å². The van der Waals surface area contributed by atoms with Crippen LogP contribution >= 0.6 is 0 Å². The number of amides is 2. The minimum Gasteiger partial charge on any atom is -0.479 e. The van der Waals surface area contributed by atoms with Gasteiger partial charge in [-0.15, -0.1) is 0 Å². The molecule has 2 amide bonds. The van der Waals surface area contributed by atoms with Gasteiger partial charge >= 0.3 is 0 Å². The number of rotatable bonds is 5. The van der Waals surface area contributed by atoms with Crippen molar-refractivity contribution in [2.75, 3.05) is 24.8 Å². The lowest BCUT2D eigenvalue weighted by Gasteiger charge is -2.34. The van der Waals surface area contributed by atoms with Gasteiger partial charge in [0, 0.05) is 13.1 Å². The summed E-state index contributed by atoms with van der Waals surface area (Å²) < 4.78 is 16.4. The molecular formula is C21H22N2O5. The molecule has 0 aromatic heterocycles. The van der Waals surface area contributed by atoms with Crippen LogP contribution in [0, 0.1) is 0 Å². The van der Waals surface area contributed by atoms with Gasteiger partial charge in [-0.25, -0.2) is 0 Å². The fourth-order valence-corrected chi connectivity index (χ4v) is 3.39. The summed E-state index contributed by atoms with van der Waals surface area (Å²) in [5.41, 5.74) is 1.57. The van der Waals surface area contributed by atoms with Gasteiger partial charge in [0.1, 0.15) is 12.3 Å². The Morgan fingerprint density at radius 3 is 2.75 bits per heavy atom. The monoisotopic (exact) mass is 382 g/mol. The van der Waals surface area contributed by atoms with Crippen LogP contribution in [0.2, 0.25) is 0 Å². The standard InChI is InChI=1S/C21H22N2O5/c1-3-22(11-15-8-9-18-19(10-15)27-13-26-18)20(24)12-23-16-6-4-5-7-17(16)28-14(2)21(23)25/h4-10,14H,3,11-13H2,1-2H3/t14-/m0/s1. The zero-order valence-corrected chi connectivity index (χ0v) is 15.9. The first-order valence-corrected chi connectivity index (χ1v) is 9.30. The predicted molar refractivity (Wildman–Crippen MR) is 103 cm³/mol. The normalized spacial score (nSPS) is 17.1. The molecule has 2 aliphatic heterocycles. The van der Waals surface area contributed by atoms with E-state index in [1.54, 1.807) is 24.0 Å². The average Bonchev–Trinajstić information content (AvgIpc) is 3.17. The van der Waals surface area contributed by atoms with Gasteiger partial charge in [-0.05, 0) is 43.7 Å². The van der Waals surface area contributed by atoms with E-state index in [4.69, 9.17) is 14.2 Å². The smallest absolute Gasteiger partial charge is 0.268 e. The van der Waals surface area contributed by atoms with Crippen LogP contribution < -0.4 is 19.1 Å². The average molecular weight is 382 g/mol. The summed E-state index contributed by atoms with van der Waals surface area (Å²) >= 11 is 0. The van der Waals surface area contributed by atoms with Crippen LogP contribution in [0.1, 0.15) is 19.4 Å². The fraction of sp³-hybridized carbons (Fsp3) is 0.333. The molecule has 0 radical (unpaired) electrons. The third-order valence-electron chi connectivity index (χ3n) is 4.91. The Morgan fingerprint density at radius 2 is 1.93 bits per heavy atom. The van der Waals surface area contributed by atoms with E-state index in [1.165, 1.54) is 4.90 Å². The van der Waals surface area contributed by atoms with E-state index >= 15 is 0 Å². The Bertz CT molecular complexity index is 913. The topological polar surface area (TPSA) is 68.3 Å². The summed E-state index contributed by atoms with van der Waals surface area (Å²) in [5, 5.41) is 0. The third-order valence-corrected chi connectivity index (χ3v) is 4.91. The molecule has 7 nitrogen and oxygen atoms in total. The second kappa shape index (κ2) is 7.42. The highest BCUT2D eigenvalue weighted by atomic mass is 16.7. The molecular weight excluding hydrogens is 360 g/mol. The van der Waals surface area contributed by atoms with Crippen molar-refractivity contribution in [3.63, 3.8) is 0 Å². The molecule has 28 heavy (non-hydrogen) atoms. The van der Waals surface area contributed by atoms with E-state index in [2.05, 4.69) is 0 Å². The van der Waals surface area contributed by atoms with Crippen molar-refractivity contribution in [3.8, 4) is 17.2 Å². The van der Waals surface area contributed by atoms with Gasteiger partial charge in [-0.3, -0.25) is 14.5 Å². The highest BCUT2D eigenvalue weighted by Crippen LogP contribution is 2.34. The molecule has 146 valence electrons. The Hall–Kier alpha value is -3.22. The van der Waals surface area contributed by atoms with Crippen molar-refractivity contribution in [2.24, 2.45) is 0 Å². The van der Waals surface area contributed by atoms with Crippen molar-refractivity contribution in [1.29, 1.82) is 0 Å². The molecule has 0 saturated heterocycles. The molecule has 0 spiro atoms. The fourth-order valence-electron chi connectivity index (χ4n) is 3.39. The molecule has 1 atom stereocenters. The van der Waals surface area contributed by atoms with Crippen LogP contribution in [-0.2, 0) is 16.1 Å². The molecule has 2 heterocycles. The van der Waals surface area contributed by atoms with Crippen molar-refractivity contribution in [2.45, 2.75) is 26.5 Å². The first-order valence-electron chi connectivity index (χ1n) is 9.30. The van der Waals surface area contributed by atoms with Crippen molar-refractivity contribution in [1.82, 2.24) is 4.90 Å². The molecule has 0 N–H and O–H groups in total. The summed E-state index contributed by atoms with van der Waals surface area (Å²) in [6, 6.07) is 12.9. The molecule has 4 rings (SSSR count). The Kier molecular flexibility index (Phi) is 4.81. The number of carbonyl (C=O) groups is 2. The molecule has 2 aliphatic rings. The largest absolute Gasteiger partial charge is 0.479 e. The van der Waals surface area contributed by atoms with Gasteiger partial charge in [0.05, 0.1) is 5.69 Å². The SMILES string of the molecule is CCN(Cc1ccc2c(c1)OCO2)C(=O)CN1C(=O)[C@H](C)Oc2ccccc21. The van der Waals surface area contributed by atoms with E-state index in [0.29, 0.717) is 36.0 Å². The Labute approximate surface area is 163 Å². The molecule has 2 aromatic rings. The molecule has 0 bridgehead atoms. The van der Waals surface area contributed by atoms with E-state index < -0.39 is 6.10 Å². The van der Waals surface area contributed by atoms with Crippen molar-refractivity contribution < 1.29 is 23.8 Å². The van der Waals surface area contributed by atoms with E-state index in [-0.39, 0.29) is 25.2 Å². The Balaban J connectivity index is 1.51. The Morgan fingerprint density at radius 1 is 1.14 bits per heavy atom. The van der Waals surface area contributed by atoms with Crippen molar-refractivity contribution >= 4 is 17.5 Å². The van der Waals surface area contributed by atoms with E-state index in [1.807, 2.05) is 37.3 Å². The number of carbonyl (C=O) groups excluding carboxylic acids is 2. The number of hydrogen-bond donors (Lipinski definition) is 0. The second-order valence-electron chi connectivity index (χ2n) is 6.75. The maximum atomic E-state index is 13.0. The number of likely N-dealkylation sites (N-methyl/N-ethyl adjacent to an activating group) is 1. The summed E-state index contributed by atoms with van der Waals surface area (Å²) in [7, 11) is 0. The van der Waals surface area contributed by atoms with Gasteiger partial charge in [0.15, 0.2) is 17.6 Å². The lowest BCUT2D eigenvalue weighted by Crippen LogP contribution is -2.49. The zero-order valence-electron chi connectivity index (χ0n) is 15.9. The van der Waals surface area contributed by atoms with Gasteiger partial charge < -0.3 is 19.1 Å². The number of nitrogens with zero attached hydrogens (tertiary/aromatic N) is 2. The second-order valence-corrected chi connectivity index (χ2v) is 6.75. The number of para-hydroxylation sites is 2. The van der Waals surface area contributed by atoms with Crippen molar-refractivity contribution in [3.05, 3.63) is 48.0 Å². The molecule has 0 unspecified atom stereocenters. The minimum absolute atomic E-state index is 0.0259. The van der Waals surface area contributed by atoms with Crippen LogP contribution in [0.3, 0.4) is 0 Å². The number of hydrogen-bond acceptors (Lipinski definition) is 5. The number of anilines is 1. The first kappa shape index (κ1) is 18.2. The summed E-state index contributed by atoms with van der Waals surface area (Å²) in [6.45, 7) is 4.77. The van der Waals surface area contributed by atoms with Gasteiger partial charge in [-0.1, -0.05) is 18.2 Å². The summed E-state index contributed by atoms with van der Waals surface area (Å²) in [6.07, 6.45) is -0.619. The third kappa shape index (κ3) is 3.35. The highest BCUT2D eigenvalue weighted by Gasteiger charge is 2.33. The van der Waals surface area contributed by atoms with E-state index in [0.717, 1.165) is 5.56 Å². The zero-order chi connectivity index (χ0) is 19.7. The van der Waals surface area contributed by atoms with Crippen LogP contribution in [-0.4, -0.2) is 42.7 Å². The molecule has 0 saturated carbocycles. The van der Waals surface area contributed by atoms with Crippen LogP contribution in [0.5, 0.6) is 17.2 Å². The first-order chi connectivity index (χ1) is 13.6. The summed E-state index contributed by atoms with van der Waals surface area (Å²) in [4.78, 5) is 28.8. The van der Waals surface area contributed by atoms with E-state index in [9.17, 15) is 9.59 Å². The van der Waals surface area contributed by atoms with Gasteiger partial charge in [0.2, 0.25) is 12.7 Å². The molecule has 2 aromatic carbocycles. The van der Waals surface area contributed by atoms with Crippen LogP contribution in [0.4, 0.5) is 5.69 Å². The number of ether oxygens (including phenoxy) is 3. The maximum absolute atomic E-state index is 13.0. The van der Waals surface area contributed by atoms with Crippen LogP contribution in [0.15, 0.2) is 42.5 Å². The molecule has 0 aliphatic carbocycles. The number of benzene rings is 2.